The quantitative estimate of drug-likeness (QED) is 0.727. The van der Waals surface area contributed by atoms with Crippen molar-refractivity contribution in [1.82, 2.24) is 0 Å². The molecule has 0 N–H and O–H groups in total. The van der Waals surface area contributed by atoms with Crippen LogP contribution in [0.5, 0.6) is 11.7 Å². The maximum Gasteiger partial charge on any atom is 0.289 e. The number of furan rings is 1. The number of rotatable bonds is 2. The minimum absolute atomic E-state index is 0.460. The van der Waals surface area contributed by atoms with Crippen molar-refractivity contribution in [1.29, 1.82) is 0 Å². The molecule has 0 spiro atoms. The summed E-state index contributed by atoms with van der Waals surface area (Å²) in [5.74, 6) is 1.13. The summed E-state index contributed by atoms with van der Waals surface area (Å²) in [5, 5.41) is 0.643. The molecule has 0 amide bonds. The van der Waals surface area contributed by atoms with Crippen molar-refractivity contribution in [3.63, 3.8) is 0 Å². The van der Waals surface area contributed by atoms with E-state index in [-0.39, 0.29) is 0 Å². The fraction of sp³-hybridized carbons (Fsp3) is 0. The van der Waals surface area contributed by atoms with Crippen LogP contribution in [-0.4, -0.2) is 0 Å². The molecule has 0 aliphatic rings. The Morgan fingerprint density at radius 1 is 1.15 bits per heavy atom. The average molecular weight is 195 g/mol. The molecular weight excluding hydrogens is 188 g/mol. The zero-order chi connectivity index (χ0) is 9.10. The molecule has 2 nitrogen and oxygen atoms in total. The zero-order valence-corrected chi connectivity index (χ0v) is 7.49. The SMILES string of the molecule is Clc1cccc(Oc2ccco2)c1. The smallest absolute Gasteiger partial charge is 0.289 e. The van der Waals surface area contributed by atoms with Gasteiger partial charge in [-0.1, -0.05) is 17.7 Å². The van der Waals surface area contributed by atoms with Gasteiger partial charge in [0.1, 0.15) is 5.75 Å². The van der Waals surface area contributed by atoms with E-state index >= 15 is 0 Å². The van der Waals surface area contributed by atoms with E-state index < -0.39 is 0 Å². The van der Waals surface area contributed by atoms with Gasteiger partial charge in [0, 0.05) is 11.1 Å². The molecule has 1 aromatic carbocycles. The van der Waals surface area contributed by atoms with Gasteiger partial charge in [0.2, 0.25) is 0 Å². The molecule has 1 heterocycles. The molecule has 13 heavy (non-hydrogen) atoms. The van der Waals surface area contributed by atoms with Gasteiger partial charge in [0.25, 0.3) is 5.95 Å². The normalized spacial score (nSPS) is 9.92. The zero-order valence-electron chi connectivity index (χ0n) is 6.74. The van der Waals surface area contributed by atoms with E-state index in [0.29, 0.717) is 16.7 Å². The van der Waals surface area contributed by atoms with Crippen molar-refractivity contribution in [2.75, 3.05) is 0 Å². The van der Waals surface area contributed by atoms with Crippen LogP contribution in [0.15, 0.2) is 47.1 Å². The standard InChI is InChI=1S/C10H7ClO2/c11-8-3-1-4-9(7-8)13-10-5-2-6-12-10/h1-7H. The Balaban J connectivity index is 2.19. The van der Waals surface area contributed by atoms with Gasteiger partial charge in [0.05, 0.1) is 6.26 Å². The lowest BCUT2D eigenvalue weighted by Crippen LogP contribution is -1.80. The molecule has 0 bridgehead atoms. The van der Waals surface area contributed by atoms with Crippen LogP contribution in [0.25, 0.3) is 0 Å². The second-order valence-electron chi connectivity index (χ2n) is 2.49. The first-order chi connectivity index (χ1) is 6.34. The Bertz CT molecular complexity index is 382. The number of ether oxygens (including phenoxy) is 1. The van der Waals surface area contributed by atoms with E-state index in [2.05, 4.69) is 0 Å². The Kier molecular flexibility index (Phi) is 2.23. The van der Waals surface area contributed by atoms with Crippen molar-refractivity contribution < 1.29 is 9.15 Å². The van der Waals surface area contributed by atoms with E-state index in [1.807, 2.05) is 12.1 Å². The molecule has 0 aliphatic heterocycles. The maximum absolute atomic E-state index is 5.77. The third kappa shape index (κ3) is 2.04. The highest BCUT2D eigenvalue weighted by Crippen LogP contribution is 2.23. The molecule has 66 valence electrons. The molecule has 3 heteroatoms. The summed E-state index contributed by atoms with van der Waals surface area (Å²) < 4.78 is 10.4. The Morgan fingerprint density at radius 2 is 2.08 bits per heavy atom. The summed E-state index contributed by atoms with van der Waals surface area (Å²) in [4.78, 5) is 0. The van der Waals surface area contributed by atoms with Gasteiger partial charge in [-0.25, -0.2) is 0 Å². The largest absolute Gasteiger partial charge is 0.434 e. The second kappa shape index (κ2) is 3.54. The highest BCUT2D eigenvalue weighted by Gasteiger charge is 1.98. The van der Waals surface area contributed by atoms with Crippen molar-refractivity contribution in [3.8, 4) is 11.7 Å². The molecule has 0 radical (unpaired) electrons. The predicted octanol–water partition coefficient (Wildman–Crippen LogP) is 3.73. The molecular formula is C10H7ClO2. The van der Waals surface area contributed by atoms with Crippen molar-refractivity contribution >= 4 is 11.6 Å². The van der Waals surface area contributed by atoms with E-state index in [1.165, 1.54) is 0 Å². The van der Waals surface area contributed by atoms with E-state index in [1.54, 1.807) is 30.5 Å². The molecule has 0 saturated carbocycles. The van der Waals surface area contributed by atoms with Crippen LogP contribution in [0, 0.1) is 0 Å². The monoisotopic (exact) mass is 194 g/mol. The molecule has 0 aliphatic carbocycles. The number of hydrogen-bond acceptors (Lipinski definition) is 2. The van der Waals surface area contributed by atoms with Crippen LogP contribution in [0.2, 0.25) is 5.02 Å². The van der Waals surface area contributed by atoms with E-state index in [0.717, 1.165) is 0 Å². The molecule has 2 aromatic rings. The predicted molar refractivity (Wildman–Crippen MR) is 50.2 cm³/mol. The molecule has 0 atom stereocenters. The lowest BCUT2D eigenvalue weighted by molar-refractivity contribution is 0.347. The lowest BCUT2D eigenvalue weighted by Gasteiger charge is -2.00. The van der Waals surface area contributed by atoms with Crippen LogP contribution < -0.4 is 4.74 Å². The fourth-order valence-electron chi connectivity index (χ4n) is 0.968. The summed E-state index contributed by atoms with van der Waals surface area (Å²) in [7, 11) is 0. The molecule has 0 fully saturated rings. The number of hydrogen-bond donors (Lipinski definition) is 0. The third-order valence-electron chi connectivity index (χ3n) is 1.51. The highest BCUT2D eigenvalue weighted by atomic mass is 35.5. The topological polar surface area (TPSA) is 22.4 Å². The highest BCUT2D eigenvalue weighted by molar-refractivity contribution is 6.30. The van der Waals surface area contributed by atoms with Crippen molar-refractivity contribution in [2.24, 2.45) is 0 Å². The van der Waals surface area contributed by atoms with Gasteiger partial charge in [0.15, 0.2) is 0 Å². The van der Waals surface area contributed by atoms with E-state index in [4.69, 9.17) is 20.8 Å². The van der Waals surface area contributed by atoms with Gasteiger partial charge < -0.3 is 9.15 Å². The van der Waals surface area contributed by atoms with Crippen LogP contribution in [0.1, 0.15) is 0 Å². The second-order valence-corrected chi connectivity index (χ2v) is 2.93. The van der Waals surface area contributed by atoms with Gasteiger partial charge in [-0.05, 0) is 24.3 Å². The first kappa shape index (κ1) is 8.20. The minimum atomic E-state index is 0.460. The van der Waals surface area contributed by atoms with E-state index in [9.17, 15) is 0 Å². The van der Waals surface area contributed by atoms with Gasteiger partial charge in [-0.15, -0.1) is 0 Å². The van der Waals surface area contributed by atoms with Crippen molar-refractivity contribution in [3.05, 3.63) is 47.7 Å². The maximum atomic E-state index is 5.77. The Labute approximate surface area is 80.7 Å². The fourth-order valence-corrected chi connectivity index (χ4v) is 1.15. The summed E-state index contributed by atoms with van der Waals surface area (Å²) >= 11 is 5.77. The molecule has 1 aromatic heterocycles. The van der Waals surface area contributed by atoms with Crippen LogP contribution in [0.3, 0.4) is 0 Å². The third-order valence-corrected chi connectivity index (χ3v) is 1.74. The Morgan fingerprint density at radius 3 is 2.77 bits per heavy atom. The van der Waals surface area contributed by atoms with Crippen LogP contribution in [0.4, 0.5) is 0 Å². The Hall–Kier alpha value is -1.41. The summed E-state index contributed by atoms with van der Waals surface area (Å²) in [6, 6.07) is 10.6. The summed E-state index contributed by atoms with van der Waals surface area (Å²) in [6.45, 7) is 0. The van der Waals surface area contributed by atoms with Crippen LogP contribution in [-0.2, 0) is 0 Å². The van der Waals surface area contributed by atoms with Gasteiger partial charge in [-0.3, -0.25) is 0 Å². The molecule has 0 unspecified atom stereocenters. The first-order valence-electron chi connectivity index (χ1n) is 3.81. The molecule has 0 saturated heterocycles. The first-order valence-corrected chi connectivity index (χ1v) is 4.19. The van der Waals surface area contributed by atoms with Crippen molar-refractivity contribution in [2.45, 2.75) is 0 Å². The number of halogens is 1. The summed E-state index contributed by atoms with van der Waals surface area (Å²) in [5.41, 5.74) is 0. The van der Waals surface area contributed by atoms with Gasteiger partial charge in [-0.2, -0.15) is 0 Å². The molecule has 2 rings (SSSR count). The summed E-state index contributed by atoms with van der Waals surface area (Å²) in [6.07, 6.45) is 1.56. The van der Waals surface area contributed by atoms with Crippen LogP contribution >= 0.6 is 11.6 Å². The average Bonchev–Trinajstić information content (AvgIpc) is 2.57. The lowest BCUT2D eigenvalue weighted by atomic mass is 10.3. The van der Waals surface area contributed by atoms with Gasteiger partial charge >= 0.3 is 0 Å². The number of benzene rings is 1. The minimum Gasteiger partial charge on any atom is -0.434 e.